The van der Waals surface area contributed by atoms with Gasteiger partial charge in [-0.2, -0.15) is 0 Å². The second-order valence-electron chi connectivity index (χ2n) is 12.9. The van der Waals surface area contributed by atoms with Gasteiger partial charge in [0.05, 0.1) is 55.5 Å². The predicted octanol–water partition coefficient (Wildman–Crippen LogP) is 7.79. The van der Waals surface area contributed by atoms with Crippen molar-refractivity contribution in [1.82, 2.24) is 20.2 Å². The van der Waals surface area contributed by atoms with Crippen LogP contribution in [0.4, 0.5) is 4.39 Å². The Morgan fingerprint density at radius 3 is 2.57 bits per heavy atom. The highest BCUT2D eigenvalue weighted by molar-refractivity contribution is 6.39. The van der Waals surface area contributed by atoms with E-state index in [0.29, 0.717) is 46.0 Å². The Morgan fingerprint density at radius 1 is 1.02 bits per heavy atom. The van der Waals surface area contributed by atoms with Crippen LogP contribution in [0.5, 0.6) is 11.6 Å². The number of hydrogen-bond acceptors (Lipinski definition) is 7. The van der Waals surface area contributed by atoms with E-state index in [9.17, 15) is 4.39 Å². The number of methoxy groups -OCH3 is 2. The van der Waals surface area contributed by atoms with E-state index in [-0.39, 0.29) is 6.67 Å². The molecule has 2 fully saturated rings. The molecule has 7 rings (SSSR count). The molecule has 7 nitrogen and oxygen atoms in total. The third kappa shape index (κ3) is 6.34. The number of pyridine rings is 2. The van der Waals surface area contributed by atoms with Crippen molar-refractivity contribution in [3.05, 3.63) is 81.5 Å². The first-order valence-electron chi connectivity index (χ1n) is 16.2. The van der Waals surface area contributed by atoms with E-state index in [0.717, 1.165) is 96.9 Å². The molecule has 4 heterocycles. The number of alkyl halides is 1. The van der Waals surface area contributed by atoms with Gasteiger partial charge in [0.15, 0.2) is 0 Å². The summed E-state index contributed by atoms with van der Waals surface area (Å²) in [6.45, 7) is 4.50. The standard InChI is InChI=1S/C37H39Cl2FN4O3/c1-45-32-16-25(15-23-10-14-44(13-4-11-40)20-30(23)32)35-34(39)28(9-12-41-35)27-5-3-6-29(33(27)38)31-8-7-24(36(43-31)46-2)19-42-26-17-37(18-26)21-47-22-37/h3,5-9,12,15-16,26,42H,4,10-11,13-14,17-22H2,1-2H3. The van der Waals surface area contributed by atoms with Gasteiger partial charge in [-0.15, -0.1) is 0 Å². The topological polar surface area (TPSA) is 68.7 Å². The van der Waals surface area contributed by atoms with E-state index in [2.05, 4.69) is 27.3 Å². The number of hydrogen-bond donors (Lipinski definition) is 1. The molecule has 47 heavy (non-hydrogen) atoms. The fourth-order valence-electron chi connectivity index (χ4n) is 7.21. The summed E-state index contributed by atoms with van der Waals surface area (Å²) in [6, 6.07) is 16.5. The van der Waals surface area contributed by atoms with Crippen molar-refractivity contribution in [3.63, 3.8) is 0 Å². The van der Waals surface area contributed by atoms with Gasteiger partial charge in [0.2, 0.25) is 5.88 Å². The molecule has 0 unspecified atom stereocenters. The van der Waals surface area contributed by atoms with Gasteiger partial charge < -0.3 is 19.5 Å². The largest absolute Gasteiger partial charge is 0.496 e. The molecule has 2 aromatic heterocycles. The third-order valence-electron chi connectivity index (χ3n) is 9.82. The molecule has 0 atom stereocenters. The molecule has 1 saturated heterocycles. The first-order valence-corrected chi connectivity index (χ1v) is 16.9. The summed E-state index contributed by atoms with van der Waals surface area (Å²) < 4.78 is 29.7. The summed E-state index contributed by atoms with van der Waals surface area (Å²) in [5.41, 5.74) is 8.36. The van der Waals surface area contributed by atoms with E-state index in [4.69, 9.17) is 42.4 Å². The molecule has 1 N–H and O–H groups in total. The second-order valence-corrected chi connectivity index (χ2v) is 13.7. The van der Waals surface area contributed by atoms with Crippen molar-refractivity contribution in [2.45, 2.75) is 44.8 Å². The van der Waals surface area contributed by atoms with Crippen molar-refractivity contribution in [1.29, 1.82) is 0 Å². The Labute approximate surface area is 285 Å². The Kier molecular flexibility index (Phi) is 9.40. The van der Waals surface area contributed by atoms with Crippen molar-refractivity contribution < 1.29 is 18.6 Å². The molecule has 4 aromatic rings. The van der Waals surface area contributed by atoms with Gasteiger partial charge >= 0.3 is 0 Å². The summed E-state index contributed by atoms with van der Waals surface area (Å²) in [5.74, 6) is 1.36. The fraction of sp³-hybridized carbons (Fsp3) is 0.405. The Balaban J connectivity index is 1.15. The van der Waals surface area contributed by atoms with E-state index < -0.39 is 0 Å². The summed E-state index contributed by atoms with van der Waals surface area (Å²) >= 11 is 14.2. The number of aromatic nitrogens is 2. The zero-order valence-electron chi connectivity index (χ0n) is 26.8. The lowest BCUT2D eigenvalue weighted by Crippen LogP contribution is -2.58. The maximum Gasteiger partial charge on any atom is 0.218 e. The first kappa shape index (κ1) is 32.3. The summed E-state index contributed by atoms with van der Waals surface area (Å²) in [6.07, 6.45) is 5.46. The van der Waals surface area contributed by atoms with Gasteiger partial charge in [0.25, 0.3) is 0 Å². The molecule has 246 valence electrons. The van der Waals surface area contributed by atoms with Gasteiger partial charge in [-0.1, -0.05) is 47.5 Å². The summed E-state index contributed by atoms with van der Waals surface area (Å²) in [7, 11) is 3.32. The highest BCUT2D eigenvalue weighted by Gasteiger charge is 2.49. The Morgan fingerprint density at radius 2 is 1.83 bits per heavy atom. The van der Waals surface area contributed by atoms with Crippen molar-refractivity contribution in [2.24, 2.45) is 5.41 Å². The lowest BCUT2D eigenvalue weighted by molar-refractivity contribution is -0.167. The van der Waals surface area contributed by atoms with Gasteiger partial charge in [-0.3, -0.25) is 14.3 Å². The average molecular weight is 678 g/mol. The molecule has 2 aliphatic heterocycles. The summed E-state index contributed by atoms with van der Waals surface area (Å²) in [4.78, 5) is 11.8. The van der Waals surface area contributed by atoms with Crippen molar-refractivity contribution in [3.8, 4) is 45.3 Å². The molecule has 1 aliphatic carbocycles. The van der Waals surface area contributed by atoms with Crippen molar-refractivity contribution >= 4 is 23.2 Å². The van der Waals surface area contributed by atoms with Crippen LogP contribution in [-0.4, -0.2) is 68.1 Å². The number of nitrogens with zero attached hydrogens (tertiary/aromatic N) is 3. The second kappa shape index (κ2) is 13.7. The van der Waals surface area contributed by atoms with E-state index in [1.165, 1.54) is 5.56 Å². The highest BCUT2D eigenvalue weighted by atomic mass is 35.5. The number of halogens is 3. The molecule has 0 bridgehead atoms. The number of nitrogens with one attached hydrogen (secondary N) is 1. The molecule has 1 spiro atoms. The van der Waals surface area contributed by atoms with E-state index >= 15 is 0 Å². The van der Waals surface area contributed by atoms with Crippen LogP contribution in [0.2, 0.25) is 10.0 Å². The van der Waals surface area contributed by atoms with E-state index in [1.54, 1.807) is 20.4 Å². The van der Waals surface area contributed by atoms with Crippen LogP contribution in [0, 0.1) is 5.41 Å². The Bertz CT molecular complexity index is 1760. The maximum atomic E-state index is 12.8. The quantitative estimate of drug-likeness (QED) is 0.174. The number of fused-ring (bicyclic) bond motifs is 1. The molecule has 0 radical (unpaired) electrons. The molecule has 3 aliphatic rings. The minimum Gasteiger partial charge on any atom is -0.496 e. The molecule has 2 aromatic carbocycles. The minimum absolute atomic E-state index is 0.306. The molecule has 10 heteroatoms. The summed E-state index contributed by atoms with van der Waals surface area (Å²) in [5, 5.41) is 4.70. The lowest BCUT2D eigenvalue weighted by atomic mass is 9.64. The fourth-order valence-corrected chi connectivity index (χ4v) is 7.86. The minimum atomic E-state index is -0.306. The zero-order valence-corrected chi connectivity index (χ0v) is 28.3. The van der Waals surface area contributed by atoms with Crippen LogP contribution in [-0.2, 0) is 24.2 Å². The third-order valence-corrected chi connectivity index (χ3v) is 10.6. The normalized spacial score (nSPS) is 17.2. The average Bonchev–Trinajstić information content (AvgIpc) is 3.06. The van der Waals surface area contributed by atoms with Crippen LogP contribution < -0.4 is 14.8 Å². The number of rotatable bonds is 11. The van der Waals surface area contributed by atoms with Gasteiger partial charge in [0.1, 0.15) is 5.75 Å². The predicted molar refractivity (Wildman–Crippen MR) is 184 cm³/mol. The molecular weight excluding hydrogens is 638 g/mol. The van der Waals surface area contributed by atoms with Crippen LogP contribution in [0.1, 0.15) is 36.0 Å². The van der Waals surface area contributed by atoms with Crippen molar-refractivity contribution in [2.75, 3.05) is 47.2 Å². The lowest BCUT2D eigenvalue weighted by Gasteiger charge is -2.53. The van der Waals surface area contributed by atoms with Crippen LogP contribution in [0.3, 0.4) is 0 Å². The van der Waals surface area contributed by atoms with Crippen LogP contribution >= 0.6 is 23.2 Å². The first-order chi connectivity index (χ1) is 22.9. The zero-order chi connectivity index (χ0) is 32.5. The molecule has 1 saturated carbocycles. The molecular formula is C37H39Cl2FN4O3. The van der Waals surface area contributed by atoms with Gasteiger partial charge in [-0.25, -0.2) is 4.98 Å². The SMILES string of the molecule is COc1cc(-c2nccc(-c3cccc(-c4ccc(CNC5CC6(COC6)C5)c(OC)n4)c3Cl)c2Cl)cc2c1CN(CCCF)CC2. The van der Waals surface area contributed by atoms with Crippen LogP contribution in [0.15, 0.2) is 54.7 Å². The van der Waals surface area contributed by atoms with E-state index in [1.807, 2.05) is 36.4 Å². The highest BCUT2D eigenvalue weighted by Crippen LogP contribution is 2.47. The van der Waals surface area contributed by atoms with Crippen LogP contribution in [0.25, 0.3) is 33.6 Å². The van der Waals surface area contributed by atoms with Gasteiger partial charge in [0, 0.05) is 77.2 Å². The Hall–Kier alpha value is -3.27. The monoisotopic (exact) mass is 676 g/mol. The number of ether oxygens (including phenoxy) is 3. The van der Waals surface area contributed by atoms with Gasteiger partial charge in [-0.05, 0) is 55.5 Å². The molecule has 0 amide bonds. The maximum absolute atomic E-state index is 12.8. The smallest absolute Gasteiger partial charge is 0.218 e. The number of benzene rings is 2.